The summed E-state index contributed by atoms with van der Waals surface area (Å²) in [7, 11) is 5.43. The third kappa shape index (κ3) is 4.76. The average molecular weight is 236 g/mol. The molecule has 17 heavy (non-hydrogen) atoms. The maximum atomic E-state index is 10.9. The van der Waals surface area contributed by atoms with Gasteiger partial charge in [0.2, 0.25) is 0 Å². The number of benzene rings is 1. The lowest BCUT2D eigenvalue weighted by atomic mass is 10.2. The third-order valence-corrected chi connectivity index (χ3v) is 2.48. The number of anilines is 2. The van der Waals surface area contributed by atoms with E-state index in [1.807, 2.05) is 26.2 Å². The molecule has 0 spiro atoms. The van der Waals surface area contributed by atoms with Crippen molar-refractivity contribution in [2.45, 2.75) is 12.8 Å². The van der Waals surface area contributed by atoms with Gasteiger partial charge in [-0.2, -0.15) is 0 Å². The minimum absolute atomic E-state index is 0.158. The zero-order valence-electron chi connectivity index (χ0n) is 10.7. The largest absolute Gasteiger partial charge is 0.469 e. The minimum Gasteiger partial charge on any atom is -0.469 e. The number of rotatable bonds is 6. The molecule has 0 aliphatic rings. The van der Waals surface area contributed by atoms with E-state index < -0.39 is 0 Å². The van der Waals surface area contributed by atoms with Crippen molar-refractivity contribution in [3.63, 3.8) is 0 Å². The molecule has 0 aliphatic carbocycles. The lowest BCUT2D eigenvalue weighted by Crippen LogP contribution is -2.10. The highest BCUT2D eigenvalue weighted by atomic mass is 16.5. The van der Waals surface area contributed by atoms with Crippen LogP contribution in [0.5, 0.6) is 0 Å². The van der Waals surface area contributed by atoms with E-state index in [0.29, 0.717) is 6.42 Å². The highest BCUT2D eigenvalue weighted by molar-refractivity contribution is 5.69. The Morgan fingerprint density at radius 2 is 2.18 bits per heavy atom. The van der Waals surface area contributed by atoms with Crippen LogP contribution in [0.15, 0.2) is 24.3 Å². The summed E-state index contributed by atoms with van der Waals surface area (Å²) in [6, 6.07) is 8.17. The molecule has 1 aromatic carbocycles. The van der Waals surface area contributed by atoms with Gasteiger partial charge in [0.1, 0.15) is 0 Å². The Kier molecular flexibility index (Phi) is 5.33. The highest BCUT2D eigenvalue weighted by Gasteiger charge is 2.00. The van der Waals surface area contributed by atoms with Crippen LogP contribution in [-0.2, 0) is 9.53 Å². The fourth-order valence-electron chi connectivity index (χ4n) is 1.46. The number of esters is 1. The van der Waals surface area contributed by atoms with E-state index in [9.17, 15) is 4.79 Å². The third-order valence-electron chi connectivity index (χ3n) is 2.48. The van der Waals surface area contributed by atoms with Crippen molar-refractivity contribution >= 4 is 17.3 Å². The van der Waals surface area contributed by atoms with Crippen molar-refractivity contribution < 1.29 is 9.53 Å². The molecule has 1 aromatic rings. The first-order chi connectivity index (χ1) is 8.13. The van der Waals surface area contributed by atoms with Crippen LogP contribution < -0.4 is 10.2 Å². The first kappa shape index (κ1) is 13.4. The average Bonchev–Trinajstić information content (AvgIpc) is 2.34. The summed E-state index contributed by atoms with van der Waals surface area (Å²) in [5.41, 5.74) is 2.23. The van der Waals surface area contributed by atoms with Gasteiger partial charge in [-0.15, -0.1) is 0 Å². The second-order valence-electron chi connectivity index (χ2n) is 4.05. The van der Waals surface area contributed by atoms with Crippen LogP contribution in [0.3, 0.4) is 0 Å². The number of carbonyl (C=O) groups is 1. The molecule has 4 nitrogen and oxygen atoms in total. The summed E-state index contributed by atoms with van der Waals surface area (Å²) >= 11 is 0. The van der Waals surface area contributed by atoms with Gasteiger partial charge in [0.25, 0.3) is 0 Å². The van der Waals surface area contributed by atoms with Gasteiger partial charge in [0, 0.05) is 38.4 Å². The Morgan fingerprint density at radius 1 is 1.41 bits per heavy atom. The fraction of sp³-hybridized carbons (Fsp3) is 0.462. The Bertz CT molecular complexity index is 364. The van der Waals surface area contributed by atoms with Crippen molar-refractivity contribution in [1.82, 2.24) is 0 Å². The van der Waals surface area contributed by atoms with E-state index in [4.69, 9.17) is 0 Å². The Balaban J connectivity index is 2.36. The van der Waals surface area contributed by atoms with Crippen LogP contribution in [-0.4, -0.2) is 33.7 Å². The molecule has 4 heteroatoms. The number of hydrogen-bond donors (Lipinski definition) is 1. The van der Waals surface area contributed by atoms with Crippen molar-refractivity contribution in [3.05, 3.63) is 24.3 Å². The molecule has 0 aromatic heterocycles. The van der Waals surface area contributed by atoms with E-state index >= 15 is 0 Å². The Morgan fingerprint density at radius 3 is 2.82 bits per heavy atom. The van der Waals surface area contributed by atoms with E-state index in [2.05, 4.69) is 27.1 Å². The van der Waals surface area contributed by atoms with Crippen molar-refractivity contribution in [2.24, 2.45) is 0 Å². The number of carbonyl (C=O) groups excluding carboxylic acids is 1. The molecule has 0 radical (unpaired) electrons. The second kappa shape index (κ2) is 6.78. The zero-order chi connectivity index (χ0) is 12.7. The van der Waals surface area contributed by atoms with Crippen molar-refractivity contribution in [3.8, 4) is 0 Å². The van der Waals surface area contributed by atoms with Crippen LogP contribution >= 0.6 is 0 Å². The quantitative estimate of drug-likeness (QED) is 0.607. The first-order valence-electron chi connectivity index (χ1n) is 5.71. The summed E-state index contributed by atoms with van der Waals surface area (Å²) in [4.78, 5) is 13.0. The van der Waals surface area contributed by atoms with Crippen molar-refractivity contribution in [1.29, 1.82) is 0 Å². The number of nitrogens with zero attached hydrogens (tertiary/aromatic N) is 1. The predicted octanol–water partition coefficient (Wildman–Crippen LogP) is 2.12. The number of nitrogens with one attached hydrogen (secondary N) is 1. The lowest BCUT2D eigenvalue weighted by Gasteiger charge is -2.14. The molecule has 0 heterocycles. The molecule has 1 N–H and O–H groups in total. The topological polar surface area (TPSA) is 41.6 Å². The number of ether oxygens (including phenoxy) is 1. The van der Waals surface area contributed by atoms with Gasteiger partial charge >= 0.3 is 5.97 Å². The van der Waals surface area contributed by atoms with Gasteiger partial charge in [0.05, 0.1) is 7.11 Å². The first-order valence-corrected chi connectivity index (χ1v) is 5.71. The molecule has 0 aliphatic heterocycles. The van der Waals surface area contributed by atoms with Gasteiger partial charge in [0.15, 0.2) is 0 Å². The van der Waals surface area contributed by atoms with Gasteiger partial charge < -0.3 is 15.0 Å². The maximum absolute atomic E-state index is 10.9. The van der Waals surface area contributed by atoms with Gasteiger partial charge in [-0.25, -0.2) is 0 Å². The normalized spacial score (nSPS) is 9.82. The van der Waals surface area contributed by atoms with Gasteiger partial charge in [-0.3, -0.25) is 4.79 Å². The van der Waals surface area contributed by atoms with E-state index in [-0.39, 0.29) is 5.97 Å². The van der Waals surface area contributed by atoms with Crippen LogP contribution in [0, 0.1) is 0 Å². The summed E-state index contributed by atoms with van der Waals surface area (Å²) in [6.45, 7) is 0.770. The summed E-state index contributed by atoms with van der Waals surface area (Å²) in [6.07, 6.45) is 1.23. The Hall–Kier alpha value is -1.71. The van der Waals surface area contributed by atoms with E-state index in [1.165, 1.54) is 7.11 Å². The molecule has 0 saturated carbocycles. The SMILES string of the molecule is COC(=O)CCCNc1cccc(N(C)C)c1. The molecule has 1 rings (SSSR count). The smallest absolute Gasteiger partial charge is 0.305 e. The molecule has 0 bridgehead atoms. The molecular weight excluding hydrogens is 216 g/mol. The standard InChI is InChI=1S/C13H20N2O2/c1-15(2)12-7-4-6-11(10-12)14-9-5-8-13(16)17-3/h4,6-7,10,14H,5,8-9H2,1-3H3. The number of methoxy groups -OCH3 is 1. The molecule has 0 saturated heterocycles. The van der Waals surface area contributed by atoms with Crippen LogP contribution in [0.2, 0.25) is 0 Å². The fourth-order valence-corrected chi connectivity index (χ4v) is 1.46. The van der Waals surface area contributed by atoms with Crippen LogP contribution in [0.1, 0.15) is 12.8 Å². The summed E-state index contributed by atoms with van der Waals surface area (Å²) in [5, 5.41) is 3.28. The molecule has 0 fully saturated rings. The molecule has 0 atom stereocenters. The highest BCUT2D eigenvalue weighted by Crippen LogP contribution is 2.17. The van der Waals surface area contributed by atoms with E-state index in [1.54, 1.807) is 0 Å². The summed E-state index contributed by atoms with van der Waals surface area (Å²) < 4.78 is 4.58. The summed E-state index contributed by atoms with van der Waals surface area (Å²) in [5.74, 6) is -0.158. The second-order valence-corrected chi connectivity index (χ2v) is 4.05. The molecule has 0 unspecified atom stereocenters. The number of hydrogen-bond acceptors (Lipinski definition) is 4. The van der Waals surface area contributed by atoms with Crippen LogP contribution in [0.4, 0.5) is 11.4 Å². The zero-order valence-corrected chi connectivity index (χ0v) is 10.7. The molecule has 94 valence electrons. The van der Waals surface area contributed by atoms with Crippen LogP contribution in [0.25, 0.3) is 0 Å². The Labute approximate surface area is 103 Å². The van der Waals surface area contributed by atoms with Gasteiger partial charge in [-0.05, 0) is 24.6 Å². The molecular formula is C13H20N2O2. The molecule has 0 amide bonds. The maximum Gasteiger partial charge on any atom is 0.305 e. The lowest BCUT2D eigenvalue weighted by molar-refractivity contribution is -0.140. The van der Waals surface area contributed by atoms with Gasteiger partial charge in [-0.1, -0.05) is 6.07 Å². The van der Waals surface area contributed by atoms with Crippen molar-refractivity contribution in [2.75, 3.05) is 38.0 Å². The minimum atomic E-state index is -0.158. The van der Waals surface area contributed by atoms with E-state index in [0.717, 1.165) is 24.3 Å². The predicted molar refractivity (Wildman–Crippen MR) is 70.5 cm³/mol. The monoisotopic (exact) mass is 236 g/mol.